The molecule has 6 rings (SSSR count). The summed E-state index contributed by atoms with van der Waals surface area (Å²) in [6.07, 6.45) is 9.05. The second kappa shape index (κ2) is 9.35. The second-order valence-corrected chi connectivity index (χ2v) is 11.1. The van der Waals surface area contributed by atoms with Crippen LogP contribution in [0.3, 0.4) is 0 Å². The minimum atomic E-state index is -0.206. The van der Waals surface area contributed by atoms with Gasteiger partial charge in [-0.2, -0.15) is 0 Å². The van der Waals surface area contributed by atoms with Crippen molar-refractivity contribution in [3.63, 3.8) is 0 Å². The van der Waals surface area contributed by atoms with Crippen LogP contribution in [-0.4, -0.2) is 95.3 Å². The van der Waals surface area contributed by atoms with Crippen LogP contribution in [0.4, 0.5) is 0 Å². The van der Waals surface area contributed by atoms with Crippen molar-refractivity contribution in [2.24, 2.45) is 11.8 Å². The molecule has 6 heteroatoms. The second-order valence-electron chi connectivity index (χ2n) is 11.1. The van der Waals surface area contributed by atoms with Crippen LogP contribution in [0.25, 0.3) is 0 Å². The van der Waals surface area contributed by atoms with Crippen molar-refractivity contribution in [1.29, 1.82) is 0 Å². The lowest BCUT2D eigenvalue weighted by Gasteiger charge is -2.50. The van der Waals surface area contributed by atoms with Crippen molar-refractivity contribution in [2.45, 2.75) is 76.4 Å². The molecule has 6 saturated heterocycles. The molecular weight excluding hydrogens is 380 g/mol. The lowest BCUT2D eigenvalue weighted by molar-refractivity contribution is -0.939. The Morgan fingerprint density at radius 2 is 1.00 bits per heavy atom. The molecule has 4 bridgehead atoms. The minimum absolute atomic E-state index is 0.206. The average Bonchev–Trinajstić information content (AvgIpc) is 2.71. The number of ketones is 2. The first kappa shape index (κ1) is 22.4. The molecule has 2 unspecified atom stereocenters. The SMILES string of the molecule is O=C(CCCCCCC(=O)C[N+]12CCC(CC1)C(O)C2)C[N+]12CCC(CC1)C(O)C2. The first-order valence-corrected chi connectivity index (χ1v) is 12.5. The Morgan fingerprint density at radius 1 is 0.633 bits per heavy atom. The fourth-order valence-electron chi connectivity index (χ4n) is 6.85. The fraction of sp³-hybridized carbons (Fsp3) is 0.917. The predicted octanol–water partition coefficient (Wildman–Crippen LogP) is 1.67. The van der Waals surface area contributed by atoms with E-state index in [-0.39, 0.29) is 12.2 Å². The van der Waals surface area contributed by atoms with Gasteiger partial charge in [-0.25, -0.2) is 0 Å². The molecular formula is C24H42N2O4+2. The van der Waals surface area contributed by atoms with Crippen molar-refractivity contribution < 1.29 is 28.8 Å². The molecule has 2 atom stereocenters. The van der Waals surface area contributed by atoms with Crippen LogP contribution in [0.2, 0.25) is 0 Å². The summed E-state index contributed by atoms with van der Waals surface area (Å²) in [5, 5.41) is 20.4. The number of hydrogen-bond donors (Lipinski definition) is 2. The Labute approximate surface area is 181 Å². The summed E-state index contributed by atoms with van der Waals surface area (Å²) in [7, 11) is 0. The Bertz CT molecular complexity index is 567. The van der Waals surface area contributed by atoms with Gasteiger partial charge in [-0.05, 0) is 12.8 Å². The smallest absolute Gasteiger partial charge is 0.186 e. The molecule has 0 aliphatic carbocycles. The van der Waals surface area contributed by atoms with Crippen LogP contribution in [0.5, 0.6) is 0 Å². The predicted molar refractivity (Wildman–Crippen MR) is 115 cm³/mol. The van der Waals surface area contributed by atoms with Gasteiger partial charge < -0.3 is 19.2 Å². The van der Waals surface area contributed by atoms with Gasteiger partial charge >= 0.3 is 0 Å². The van der Waals surface area contributed by atoms with Crippen LogP contribution in [0.1, 0.15) is 64.2 Å². The number of fused-ring (bicyclic) bond motifs is 6. The molecule has 0 amide bonds. The number of piperidine rings is 6. The lowest BCUT2D eigenvalue weighted by atomic mass is 9.83. The third-order valence-electron chi connectivity index (χ3n) is 8.82. The lowest BCUT2D eigenvalue weighted by Crippen LogP contribution is -2.65. The van der Waals surface area contributed by atoms with Crippen molar-refractivity contribution in [1.82, 2.24) is 0 Å². The summed E-state index contributed by atoms with van der Waals surface area (Å²) in [6.45, 7) is 7.01. The summed E-state index contributed by atoms with van der Waals surface area (Å²) >= 11 is 0. The molecule has 0 aromatic heterocycles. The van der Waals surface area contributed by atoms with E-state index >= 15 is 0 Å². The number of aliphatic hydroxyl groups excluding tert-OH is 2. The van der Waals surface area contributed by atoms with Crippen molar-refractivity contribution in [3.05, 3.63) is 0 Å². The van der Waals surface area contributed by atoms with E-state index in [1.165, 1.54) is 0 Å². The summed E-state index contributed by atoms with van der Waals surface area (Å²) in [5.41, 5.74) is 0. The minimum Gasteiger partial charge on any atom is -0.387 e. The van der Waals surface area contributed by atoms with E-state index in [4.69, 9.17) is 0 Å². The van der Waals surface area contributed by atoms with E-state index in [1.807, 2.05) is 0 Å². The summed E-state index contributed by atoms with van der Waals surface area (Å²) in [6, 6.07) is 0. The van der Waals surface area contributed by atoms with Crippen LogP contribution >= 0.6 is 0 Å². The molecule has 170 valence electrons. The average molecular weight is 423 g/mol. The fourth-order valence-corrected chi connectivity index (χ4v) is 6.85. The summed E-state index contributed by atoms with van der Waals surface area (Å²) in [4.78, 5) is 25.0. The molecule has 2 N–H and O–H groups in total. The normalized spacial score (nSPS) is 39.9. The van der Waals surface area contributed by atoms with Gasteiger partial charge in [0, 0.05) is 50.4 Å². The topological polar surface area (TPSA) is 74.6 Å². The highest BCUT2D eigenvalue weighted by molar-refractivity contribution is 5.80. The highest BCUT2D eigenvalue weighted by atomic mass is 16.3. The maximum absolute atomic E-state index is 12.5. The molecule has 6 heterocycles. The van der Waals surface area contributed by atoms with Gasteiger partial charge in [-0.3, -0.25) is 9.59 Å². The van der Waals surface area contributed by atoms with Gasteiger partial charge in [0.05, 0.1) is 26.2 Å². The number of nitrogens with zero attached hydrogens (tertiary/aromatic N) is 2. The maximum atomic E-state index is 12.5. The molecule has 6 nitrogen and oxygen atoms in total. The van der Waals surface area contributed by atoms with Gasteiger partial charge in [0.15, 0.2) is 11.6 Å². The Kier molecular flexibility index (Phi) is 6.98. The summed E-state index contributed by atoms with van der Waals surface area (Å²) in [5.74, 6) is 1.64. The highest BCUT2D eigenvalue weighted by Gasteiger charge is 2.46. The molecule has 0 aromatic rings. The number of rotatable bonds is 11. The van der Waals surface area contributed by atoms with E-state index < -0.39 is 0 Å². The van der Waals surface area contributed by atoms with Gasteiger partial charge in [-0.15, -0.1) is 0 Å². The van der Waals surface area contributed by atoms with E-state index in [2.05, 4.69) is 0 Å². The third kappa shape index (κ3) is 5.14. The number of hydrogen-bond acceptors (Lipinski definition) is 4. The van der Waals surface area contributed by atoms with Crippen molar-refractivity contribution in [2.75, 3.05) is 52.4 Å². The molecule has 0 spiro atoms. The summed E-state index contributed by atoms with van der Waals surface area (Å²) < 4.78 is 1.64. The van der Waals surface area contributed by atoms with Crippen molar-refractivity contribution >= 4 is 11.6 Å². The molecule has 6 aliphatic rings. The standard InChI is InChI=1S/C24H42N2O4/c27-21(15-25-11-7-19(8-12-25)23(29)17-25)5-3-1-2-4-6-22(28)16-26-13-9-20(10-14-26)24(30)18-26/h19-20,23-24,29-30H,1-18H2/q+2. The molecule has 6 aliphatic heterocycles. The Hall–Kier alpha value is -0.820. The van der Waals surface area contributed by atoms with Crippen molar-refractivity contribution in [3.8, 4) is 0 Å². The zero-order chi connectivity index (χ0) is 21.2. The number of Topliss-reactive ketones (excluding diaryl/α,β-unsaturated/α-hetero) is 2. The quantitative estimate of drug-likeness (QED) is 0.392. The first-order valence-electron chi connectivity index (χ1n) is 12.5. The van der Waals surface area contributed by atoms with Gasteiger partial charge in [0.25, 0.3) is 0 Å². The molecule has 30 heavy (non-hydrogen) atoms. The zero-order valence-electron chi connectivity index (χ0n) is 18.6. The first-order chi connectivity index (χ1) is 14.4. The Balaban J connectivity index is 1.07. The van der Waals surface area contributed by atoms with Crippen LogP contribution in [-0.2, 0) is 9.59 Å². The van der Waals surface area contributed by atoms with Crippen LogP contribution in [0, 0.1) is 11.8 Å². The Morgan fingerprint density at radius 3 is 1.33 bits per heavy atom. The van der Waals surface area contributed by atoms with Gasteiger partial charge in [0.2, 0.25) is 0 Å². The van der Waals surface area contributed by atoms with Crippen LogP contribution in [0.15, 0.2) is 0 Å². The van der Waals surface area contributed by atoms with E-state index in [0.717, 1.165) is 99.6 Å². The molecule has 0 aromatic carbocycles. The van der Waals surface area contributed by atoms with E-state index in [9.17, 15) is 19.8 Å². The van der Waals surface area contributed by atoms with E-state index in [0.29, 0.717) is 49.3 Å². The van der Waals surface area contributed by atoms with E-state index in [1.54, 1.807) is 0 Å². The monoisotopic (exact) mass is 422 g/mol. The maximum Gasteiger partial charge on any atom is 0.186 e. The van der Waals surface area contributed by atoms with Gasteiger partial charge in [-0.1, -0.05) is 12.8 Å². The highest BCUT2D eigenvalue weighted by Crippen LogP contribution is 2.35. The zero-order valence-corrected chi connectivity index (χ0v) is 18.6. The molecule has 6 fully saturated rings. The number of unbranched alkanes of at least 4 members (excludes halogenated alkanes) is 3. The van der Waals surface area contributed by atoms with Gasteiger partial charge in [0.1, 0.15) is 38.4 Å². The third-order valence-corrected chi connectivity index (χ3v) is 8.82. The number of carbonyl (C=O) groups excluding carboxylic acids is 2. The number of carbonyl (C=O) groups is 2. The number of aliphatic hydroxyl groups is 2. The van der Waals surface area contributed by atoms with Crippen LogP contribution < -0.4 is 0 Å². The largest absolute Gasteiger partial charge is 0.387 e. The number of quaternary nitrogens is 2. The molecule has 0 saturated carbocycles. The molecule has 0 radical (unpaired) electrons.